The lowest BCUT2D eigenvalue weighted by molar-refractivity contribution is -0.168. The van der Waals surface area contributed by atoms with E-state index in [0.29, 0.717) is 0 Å². The van der Waals surface area contributed by atoms with Crippen molar-refractivity contribution in [1.29, 1.82) is 0 Å². The Morgan fingerprint density at radius 3 is 2.50 bits per heavy atom. The summed E-state index contributed by atoms with van der Waals surface area (Å²) >= 11 is -1.22. The molecule has 1 aliphatic heterocycles. The van der Waals surface area contributed by atoms with Gasteiger partial charge in [-0.15, -0.1) is 5.06 Å². The van der Waals surface area contributed by atoms with Gasteiger partial charge in [0.2, 0.25) is 0 Å². The van der Waals surface area contributed by atoms with E-state index in [2.05, 4.69) is 9.35 Å². The van der Waals surface area contributed by atoms with Gasteiger partial charge >= 0.3 is 3.98 Å². The molecule has 1 unspecified atom stereocenters. The van der Waals surface area contributed by atoms with Crippen molar-refractivity contribution in [3.05, 3.63) is 0 Å². The molecule has 0 spiro atoms. The van der Waals surface area contributed by atoms with Gasteiger partial charge < -0.3 is 4.84 Å². The fourth-order valence-electron chi connectivity index (χ4n) is 1.01. The van der Waals surface area contributed by atoms with E-state index in [1.54, 1.807) is 0 Å². The number of hydroxylamine groups is 2. The summed E-state index contributed by atoms with van der Waals surface area (Å²) in [6.07, 6.45) is -0.736. The van der Waals surface area contributed by atoms with E-state index in [9.17, 15) is 22.8 Å². The highest BCUT2D eigenvalue weighted by Gasteiger charge is 2.48. The second kappa shape index (κ2) is 4.55. The van der Waals surface area contributed by atoms with E-state index in [1.807, 2.05) is 0 Å². The summed E-state index contributed by atoms with van der Waals surface area (Å²) in [7, 11) is -4.67. The van der Waals surface area contributed by atoms with E-state index >= 15 is 0 Å². The third kappa shape index (κ3) is 2.62. The minimum atomic E-state index is -4.67. The van der Waals surface area contributed by atoms with Gasteiger partial charge in [0.15, 0.2) is 5.25 Å². The number of carbonyl (C=O) groups excluding carboxylic acids is 3. The molecule has 8 nitrogen and oxygen atoms in total. The van der Waals surface area contributed by atoms with Crippen molar-refractivity contribution >= 4 is 51.2 Å². The lowest BCUT2D eigenvalue weighted by Gasteiger charge is -2.10. The summed E-state index contributed by atoms with van der Waals surface area (Å²) in [4.78, 5) is 37.6. The van der Waals surface area contributed by atoms with E-state index in [4.69, 9.17) is 4.55 Å². The average molecular weight is 363 g/mol. The standard InChI is InChI=1S/C6H6INO7S/c1-7-6(11)15-8-4(9)2-3(5(8)10)16(12,13)14/h3H,1-2H2,(H,12,13,14). The van der Waals surface area contributed by atoms with Gasteiger partial charge in [-0.05, 0) is 20.7 Å². The Morgan fingerprint density at radius 1 is 1.56 bits per heavy atom. The summed E-state index contributed by atoms with van der Waals surface area (Å²) < 4.78 is 32.5. The number of halogens is 1. The van der Waals surface area contributed by atoms with Gasteiger partial charge in [0, 0.05) is 0 Å². The fraction of sp³-hybridized carbons (Fsp3) is 0.333. The number of nitrogens with zero attached hydrogens (tertiary/aromatic N) is 1. The van der Waals surface area contributed by atoms with Gasteiger partial charge in [0.1, 0.15) is 0 Å². The van der Waals surface area contributed by atoms with Crippen molar-refractivity contribution in [2.24, 2.45) is 0 Å². The van der Waals surface area contributed by atoms with Crippen LogP contribution in [0.15, 0.2) is 0 Å². The van der Waals surface area contributed by atoms with Gasteiger partial charge in [-0.25, -0.2) is 4.79 Å². The second-order valence-electron chi connectivity index (χ2n) is 2.70. The number of amides is 2. The maximum absolute atomic E-state index is 11.3. The molecule has 0 aromatic carbocycles. The zero-order valence-corrected chi connectivity index (χ0v) is 10.6. The Labute approximate surface area is 100.0 Å². The third-order valence-electron chi connectivity index (χ3n) is 1.69. The molecular formula is C6H6INO7S. The molecular weight excluding hydrogens is 357 g/mol. The first kappa shape index (κ1) is 13.2. The van der Waals surface area contributed by atoms with Crippen LogP contribution in [0.25, 0.3) is 0 Å². The number of hydrogen-bond donors (Lipinski definition) is 1. The first-order chi connectivity index (χ1) is 7.27. The highest BCUT2D eigenvalue weighted by Crippen LogP contribution is 2.20. The van der Waals surface area contributed by atoms with E-state index in [1.165, 1.54) is 0 Å². The molecule has 0 saturated carbocycles. The van der Waals surface area contributed by atoms with Crippen LogP contribution in [0.4, 0.5) is 4.79 Å². The van der Waals surface area contributed by atoms with Crippen LogP contribution in [0.3, 0.4) is 0 Å². The highest BCUT2D eigenvalue weighted by atomic mass is 127. The van der Waals surface area contributed by atoms with Crippen molar-refractivity contribution < 1.29 is 32.2 Å². The summed E-state index contributed by atoms with van der Waals surface area (Å²) in [5.41, 5.74) is 0. The normalized spacial score (nSPS) is 21.3. The van der Waals surface area contributed by atoms with Crippen LogP contribution in [0.1, 0.15) is 6.42 Å². The predicted molar refractivity (Wildman–Crippen MR) is 59.4 cm³/mol. The summed E-state index contributed by atoms with van der Waals surface area (Å²) in [5.74, 6) is -2.25. The van der Waals surface area contributed by atoms with Crippen molar-refractivity contribution in [2.75, 3.05) is 0 Å². The van der Waals surface area contributed by atoms with Crippen molar-refractivity contribution in [2.45, 2.75) is 11.7 Å². The molecule has 0 aromatic heterocycles. The lowest BCUT2D eigenvalue weighted by atomic mass is 10.4. The third-order valence-corrected chi connectivity index (χ3v) is 3.60. The monoisotopic (exact) mass is 363 g/mol. The molecule has 10 heteroatoms. The van der Waals surface area contributed by atoms with Gasteiger partial charge in [0.05, 0.1) is 6.42 Å². The molecule has 90 valence electrons. The molecule has 0 bridgehead atoms. The molecule has 1 rings (SSSR count). The number of hydrogen-bond acceptors (Lipinski definition) is 6. The van der Waals surface area contributed by atoms with Gasteiger partial charge in [-0.2, -0.15) is 8.42 Å². The zero-order chi connectivity index (χ0) is 12.5. The zero-order valence-electron chi connectivity index (χ0n) is 7.62. The smallest absolute Gasteiger partial charge is 0.320 e. The number of imide groups is 1. The predicted octanol–water partition coefficient (Wildman–Crippen LogP) is -0.544. The van der Waals surface area contributed by atoms with E-state index < -0.39 is 58.3 Å². The molecule has 0 aromatic rings. The van der Waals surface area contributed by atoms with Crippen molar-refractivity contribution in [1.82, 2.24) is 5.06 Å². The number of carbonyl (C=O) groups is 3. The van der Waals surface area contributed by atoms with Crippen molar-refractivity contribution in [3.63, 3.8) is 0 Å². The van der Waals surface area contributed by atoms with Crippen LogP contribution >= 0.6 is 20.7 Å². The van der Waals surface area contributed by atoms with Crippen LogP contribution in [0, 0.1) is 0 Å². The first-order valence-electron chi connectivity index (χ1n) is 3.70. The number of rotatable bonds is 3. The van der Waals surface area contributed by atoms with Crippen LogP contribution in [-0.2, 0) is 24.5 Å². The van der Waals surface area contributed by atoms with Gasteiger partial charge in [-0.1, -0.05) is 4.51 Å². The molecule has 1 heterocycles. The summed E-state index contributed by atoms with van der Waals surface area (Å²) in [6.45, 7) is 0. The lowest BCUT2D eigenvalue weighted by Crippen LogP contribution is -2.35. The molecule has 1 N–H and O–H groups in total. The van der Waals surface area contributed by atoms with Crippen LogP contribution in [0.5, 0.6) is 0 Å². The maximum Gasteiger partial charge on any atom is 0.385 e. The molecule has 1 atom stereocenters. The Bertz CT molecular complexity index is 469. The van der Waals surface area contributed by atoms with Crippen LogP contribution < -0.4 is 0 Å². The van der Waals surface area contributed by atoms with E-state index in [0.717, 1.165) is 0 Å². The van der Waals surface area contributed by atoms with E-state index in [-0.39, 0.29) is 5.06 Å². The fourth-order valence-corrected chi connectivity index (χ4v) is 2.05. The molecule has 0 radical (unpaired) electrons. The Kier molecular flexibility index (Phi) is 3.75. The SMILES string of the molecule is C=IC(=O)ON1C(=O)CC(S(=O)(=O)O)C1=O. The van der Waals surface area contributed by atoms with Crippen LogP contribution in [-0.4, -0.2) is 43.6 Å². The molecule has 1 saturated heterocycles. The summed E-state index contributed by atoms with van der Waals surface area (Å²) in [5, 5.41) is -1.83. The largest absolute Gasteiger partial charge is 0.385 e. The molecule has 2 amide bonds. The highest BCUT2D eigenvalue weighted by molar-refractivity contribution is 14.2. The Balaban J connectivity index is 2.92. The van der Waals surface area contributed by atoms with Gasteiger partial charge in [-0.3, -0.25) is 14.1 Å². The maximum atomic E-state index is 11.3. The second-order valence-corrected chi connectivity index (χ2v) is 5.94. The molecule has 1 fully saturated rings. The van der Waals surface area contributed by atoms with Gasteiger partial charge in [0.25, 0.3) is 21.9 Å². The molecule has 1 aliphatic rings. The first-order valence-corrected chi connectivity index (χ1v) is 7.81. The van der Waals surface area contributed by atoms with Crippen LogP contribution in [0.2, 0.25) is 0 Å². The molecule has 0 aliphatic carbocycles. The molecule has 16 heavy (non-hydrogen) atoms. The quantitative estimate of drug-likeness (QED) is 0.310. The average Bonchev–Trinajstić information content (AvgIpc) is 2.44. The topological polar surface area (TPSA) is 118 Å². The minimum Gasteiger partial charge on any atom is -0.320 e. The Morgan fingerprint density at radius 2 is 2.12 bits per heavy atom. The summed E-state index contributed by atoms with van der Waals surface area (Å²) in [6, 6.07) is 0. The van der Waals surface area contributed by atoms with Crippen molar-refractivity contribution in [3.8, 4) is 0 Å². The Hall–Kier alpha value is -0.880. The minimum absolute atomic E-state index is 0.0612.